The third-order valence-electron chi connectivity index (χ3n) is 1.68. The van der Waals surface area contributed by atoms with E-state index in [1.807, 2.05) is 11.8 Å². The van der Waals surface area contributed by atoms with Crippen molar-refractivity contribution in [2.75, 3.05) is 17.6 Å². The van der Waals surface area contributed by atoms with Gasteiger partial charge in [-0.15, -0.1) is 5.10 Å². The second-order valence-electron chi connectivity index (χ2n) is 3.03. The Kier molecular flexibility index (Phi) is 5.94. The van der Waals surface area contributed by atoms with Crippen LogP contribution in [0.25, 0.3) is 0 Å². The van der Waals surface area contributed by atoms with Gasteiger partial charge in [-0.3, -0.25) is 0 Å². The van der Waals surface area contributed by atoms with Gasteiger partial charge >= 0.3 is 0 Å². The topological polar surface area (TPSA) is 37.8 Å². The van der Waals surface area contributed by atoms with Gasteiger partial charge in [-0.05, 0) is 18.6 Å². The van der Waals surface area contributed by atoms with Crippen molar-refractivity contribution in [3.8, 4) is 0 Å². The molecule has 0 saturated carbocycles. The van der Waals surface area contributed by atoms with Crippen molar-refractivity contribution in [1.82, 2.24) is 9.59 Å². The van der Waals surface area contributed by atoms with Crippen LogP contribution in [0.15, 0.2) is 0 Å². The standard InChI is InChI=1S/C9H17N3S2/c1-3-5-10-9-8(11-12-14-9)7-13-6-4-2/h10H,3-7H2,1-2H3. The molecule has 0 aliphatic rings. The van der Waals surface area contributed by atoms with Gasteiger partial charge in [0, 0.05) is 23.8 Å². The molecule has 0 fully saturated rings. The summed E-state index contributed by atoms with van der Waals surface area (Å²) in [5.74, 6) is 2.18. The van der Waals surface area contributed by atoms with Crippen LogP contribution in [0.2, 0.25) is 0 Å². The molecule has 14 heavy (non-hydrogen) atoms. The third-order valence-corrected chi connectivity index (χ3v) is 3.58. The number of thioether (sulfide) groups is 1. The molecule has 1 aromatic heterocycles. The molecule has 0 radical (unpaired) electrons. The number of aromatic nitrogens is 2. The van der Waals surface area contributed by atoms with Crippen molar-refractivity contribution in [3.63, 3.8) is 0 Å². The zero-order valence-corrected chi connectivity index (χ0v) is 10.4. The van der Waals surface area contributed by atoms with Crippen LogP contribution < -0.4 is 5.32 Å². The van der Waals surface area contributed by atoms with Gasteiger partial charge in [0.1, 0.15) is 10.7 Å². The fourth-order valence-corrected chi connectivity index (χ4v) is 2.51. The molecule has 0 aliphatic carbocycles. The number of rotatable bonds is 7. The Labute approximate surface area is 93.8 Å². The van der Waals surface area contributed by atoms with E-state index in [0.717, 1.165) is 29.4 Å². The first-order valence-electron chi connectivity index (χ1n) is 5.01. The number of anilines is 1. The Bertz CT molecular complexity index is 250. The van der Waals surface area contributed by atoms with Gasteiger partial charge < -0.3 is 5.32 Å². The summed E-state index contributed by atoms with van der Waals surface area (Å²) in [6.45, 7) is 5.37. The van der Waals surface area contributed by atoms with Gasteiger partial charge in [-0.25, -0.2) is 0 Å². The minimum absolute atomic E-state index is 0.983. The smallest absolute Gasteiger partial charge is 0.134 e. The number of nitrogens with one attached hydrogen (secondary N) is 1. The van der Waals surface area contributed by atoms with E-state index in [2.05, 4.69) is 28.8 Å². The first kappa shape index (κ1) is 11.8. The first-order valence-corrected chi connectivity index (χ1v) is 6.94. The quantitative estimate of drug-likeness (QED) is 0.732. The highest BCUT2D eigenvalue weighted by Crippen LogP contribution is 2.22. The third kappa shape index (κ3) is 3.84. The van der Waals surface area contributed by atoms with E-state index >= 15 is 0 Å². The zero-order valence-electron chi connectivity index (χ0n) is 8.75. The van der Waals surface area contributed by atoms with E-state index in [1.165, 1.54) is 23.7 Å². The van der Waals surface area contributed by atoms with Crippen LogP contribution in [0.3, 0.4) is 0 Å². The molecule has 0 bridgehead atoms. The highest BCUT2D eigenvalue weighted by molar-refractivity contribution is 7.98. The Morgan fingerprint density at radius 3 is 2.93 bits per heavy atom. The lowest BCUT2D eigenvalue weighted by molar-refractivity contribution is 0.976. The van der Waals surface area contributed by atoms with Gasteiger partial charge in [-0.1, -0.05) is 18.3 Å². The molecular weight excluding hydrogens is 214 g/mol. The molecule has 0 amide bonds. The monoisotopic (exact) mass is 231 g/mol. The first-order chi connectivity index (χ1) is 6.88. The van der Waals surface area contributed by atoms with Gasteiger partial charge in [0.05, 0.1) is 0 Å². The largest absolute Gasteiger partial charge is 0.374 e. The van der Waals surface area contributed by atoms with E-state index < -0.39 is 0 Å². The number of hydrogen-bond acceptors (Lipinski definition) is 5. The predicted molar refractivity (Wildman–Crippen MR) is 65.1 cm³/mol. The minimum Gasteiger partial charge on any atom is -0.374 e. The molecule has 0 unspecified atom stereocenters. The number of nitrogens with zero attached hydrogens (tertiary/aromatic N) is 2. The molecule has 0 aromatic carbocycles. The second kappa shape index (κ2) is 7.06. The van der Waals surface area contributed by atoms with E-state index in [-0.39, 0.29) is 0 Å². The Hall–Kier alpha value is -0.290. The second-order valence-corrected chi connectivity index (χ2v) is 4.89. The van der Waals surface area contributed by atoms with Crippen LogP contribution in [-0.2, 0) is 5.75 Å². The van der Waals surface area contributed by atoms with E-state index in [0.29, 0.717) is 0 Å². The summed E-state index contributed by atoms with van der Waals surface area (Å²) < 4.78 is 3.97. The SMILES string of the molecule is CCCNc1snnc1CSCCC. The normalized spacial score (nSPS) is 10.4. The minimum atomic E-state index is 0.983. The fourth-order valence-electron chi connectivity index (χ4n) is 0.989. The van der Waals surface area contributed by atoms with Gasteiger partial charge in [-0.2, -0.15) is 11.8 Å². The van der Waals surface area contributed by atoms with Crippen molar-refractivity contribution in [2.24, 2.45) is 0 Å². The van der Waals surface area contributed by atoms with Gasteiger partial charge in [0.25, 0.3) is 0 Å². The van der Waals surface area contributed by atoms with Crippen LogP contribution in [0, 0.1) is 0 Å². The molecule has 0 atom stereocenters. The predicted octanol–water partition coefficient (Wildman–Crippen LogP) is 3.00. The molecule has 0 aliphatic heterocycles. The van der Waals surface area contributed by atoms with Crippen LogP contribution in [0.4, 0.5) is 5.00 Å². The summed E-state index contributed by atoms with van der Waals surface area (Å²) in [5, 5.41) is 8.62. The lowest BCUT2D eigenvalue weighted by Crippen LogP contribution is -2.00. The summed E-state index contributed by atoms with van der Waals surface area (Å²) >= 11 is 3.38. The van der Waals surface area contributed by atoms with Gasteiger partial charge in [0.2, 0.25) is 0 Å². The maximum Gasteiger partial charge on any atom is 0.134 e. The average molecular weight is 231 g/mol. The zero-order chi connectivity index (χ0) is 10.2. The van der Waals surface area contributed by atoms with Crippen molar-refractivity contribution in [2.45, 2.75) is 32.4 Å². The average Bonchev–Trinajstić information content (AvgIpc) is 2.63. The Morgan fingerprint density at radius 1 is 1.36 bits per heavy atom. The highest BCUT2D eigenvalue weighted by atomic mass is 32.2. The summed E-state index contributed by atoms with van der Waals surface area (Å²) in [7, 11) is 0. The van der Waals surface area contributed by atoms with Gasteiger partial charge in [0.15, 0.2) is 0 Å². The lowest BCUT2D eigenvalue weighted by Gasteiger charge is -2.02. The molecular formula is C9H17N3S2. The molecule has 1 rings (SSSR count). The lowest BCUT2D eigenvalue weighted by atomic mass is 10.4. The fraction of sp³-hybridized carbons (Fsp3) is 0.778. The van der Waals surface area contributed by atoms with Crippen LogP contribution in [0.1, 0.15) is 32.4 Å². The number of hydrogen-bond donors (Lipinski definition) is 1. The van der Waals surface area contributed by atoms with E-state index in [1.54, 1.807) is 0 Å². The molecule has 0 saturated heterocycles. The maximum atomic E-state index is 4.13. The van der Waals surface area contributed by atoms with Crippen LogP contribution in [0.5, 0.6) is 0 Å². The Morgan fingerprint density at radius 2 is 2.21 bits per heavy atom. The van der Waals surface area contributed by atoms with Crippen molar-refractivity contribution >= 4 is 28.3 Å². The molecule has 1 aromatic rings. The molecule has 0 spiro atoms. The summed E-state index contributed by atoms with van der Waals surface area (Å²) in [5.41, 5.74) is 1.11. The molecule has 1 heterocycles. The maximum absolute atomic E-state index is 4.13. The van der Waals surface area contributed by atoms with Crippen LogP contribution in [-0.4, -0.2) is 21.9 Å². The summed E-state index contributed by atoms with van der Waals surface area (Å²) in [6.07, 6.45) is 2.36. The molecule has 3 nitrogen and oxygen atoms in total. The summed E-state index contributed by atoms with van der Waals surface area (Å²) in [4.78, 5) is 0. The van der Waals surface area contributed by atoms with Crippen molar-refractivity contribution in [1.29, 1.82) is 0 Å². The van der Waals surface area contributed by atoms with Crippen LogP contribution >= 0.6 is 23.3 Å². The van der Waals surface area contributed by atoms with Crippen molar-refractivity contribution in [3.05, 3.63) is 5.69 Å². The molecule has 5 heteroatoms. The van der Waals surface area contributed by atoms with E-state index in [9.17, 15) is 0 Å². The van der Waals surface area contributed by atoms with E-state index in [4.69, 9.17) is 0 Å². The summed E-state index contributed by atoms with van der Waals surface area (Å²) in [6, 6.07) is 0. The van der Waals surface area contributed by atoms with Crippen molar-refractivity contribution < 1.29 is 0 Å². The molecule has 80 valence electrons. The Balaban J connectivity index is 2.37. The highest BCUT2D eigenvalue weighted by Gasteiger charge is 2.06. The molecule has 1 N–H and O–H groups in total.